The molecule has 4 atom stereocenters. The number of benzene rings is 1. The number of amides is 5. The van der Waals surface area contributed by atoms with Crippen LogP contribution < -0.4 is 32.7 Å². The van der Waals surface area contributed by atoms with Crippen molar-refractivity contribution in [3.63, 3.8) is 0 Å². The molecule has 0 spiro atoms. The number of fused-ring (bicyclic) bond motifs is 3. The topological polar surface area (TPSA) is 238 Å². The highest BCUT2D eigenvalue weighted by atomic mass is 16.4. The number of allylic oxidation sites excluding steroid dienone is 1. The molecule has 2 unspecified atom stereocenters. The van der Waals surface area contributed by atoms with Gasteiger partial charge < -0.3 is 42.7 Å². The van der Waals surface area contributed by atoms with Crippen LogP contribution in [0.15, 0.2) is 47.5 Å². The zero-order valence-corrected chi connectivity index (χ0v) is 24.6. The molecule has 1 saturated heterocycles. The minimum Gasteiger partial charge on any atom is -0.481 e. The van der Waals surface area contributed by atoms with E-state index >= 15 is 0 Å². The normalized spacial score (nSPS) is 25.9. The molecule has 1 aromatic carbocycles. The molecule has 238 valence electrons. The van der Waals surface area contributed by atoms with E-state index in [1.54, 1.807) is 49.4 Å². The highest BCUT2D eigenvalue weighted by Crippen LogP contribution is 2.28. The number of rotatable bonds is 8. The van der Waals surface area contributed by atoms with E-state index in [0.29, 0.717) is 18.4 Å². The number of nitrogens with zero attached hydrogens (tertiary/aromatic N) is 2. The number of nitrogens with two attached hydrogens (primary N) is 2. The van der Waals surface area contributed by atoms with E-state index in [1.165, 1.54) is 4.90 Å². The fourth-order valence-corrected chi connectivity index (χ4v) is 5.04. The van der Waals surface area contributed by atoms with Crippen molar-refractivity contribution in [3.05, 3.63) is 48.0 Å². The molecular formula is C29H40N8O7. The Morgan fingerprint density at radius 1 is 1.02 bits per heavy atom. The summed E-state index contributed by atoms with van der Waals surface area (Å²) in [4.78, 5) is 84.6. The molecule has 0 radical (unpaired) electrons. The molecule has 2 aliphatic rings. The van der Waals surface area contributed by atoms with Gasteiger partial charge in [-0.2, -0.15) is 0 Å². The molecular weight excluding hydrogens is 572 g/mol. The molecule has 2 aliphatic heterocycles. The number of carboxylic acid groups (broad SMARTS) is 1. The summed E-state index contributed by atoms with van der Waals surface area (Å²) in [5.41, 5.74) is 9.83. The Morgan fingerprint density at radius 2 is 1.75 bits per heavy atom. The summed E-state index contributed by atoms with van der Waals surface area (Å²) in [5, 5.41) is 19.9. The zero-order valence-electron chi connectivity index (χ0n) is 24.6. The lowest BCUT2D eigenvalue weighted by atomic mass is 9.90. The maximum absolute atomic E-state index is 14.1. The number of guanidine groups is 1. The molecule has 1 aromatic rings. The van der Waals surface area contributed by atoms with Crippen molar-refractivity contribution >= 4 is 41.5 Å². The minimum absolute atomic E-state index is 0.0786. The predicted molar refractivity (Wildman–Crippen MR) is 159 cm³/mol. The van der Waals surface area contributed by atoms with Crippen LogP contribution in [-0.2, 0) is 35.3 Å². The third-order valence-corrected chi connectivity index (χ3v) is 7.51. The summed E-state index contributed by atoms with van der Waals surface area (Å²) in [6, 6.07) is 5.05. The van der Waals surface area contributed by atoms with Gasteiger partial charge in [0.05, 0.1) is 13.0 Å². The Balaban J connectivity index is 2.06. The maximum Gasteiger partial charge on any atom is 0.305 e. The van der Waals surface area contributed by atoms with Gasteiger partial charge in [0, 0.05) is 13.1 Å². The highest BCUT2D eigenvalue weighted by Gasteiger charge is 2.45. The molecule has 15 nitrogen and oxygen atoms in total. The number of carboxylic acids is 1. The van der Waals surface area contributed by atoms with Crippen LogP contribution in [0.3, 0.4) is 0 Å². The van der Waals surface area contributed by atoms with Crippen molar-refractivity contribution in [2.45, 2.75) is 75.7 Å². The molecule has 0 aliphatic carbocycles. The number of hydrogen-bond acceptors (Lipinski definition) is 7. The number of aliphatic imine (C=N–C) groups is 1. The van der Waals surface area contributed by atoms with Crippen molar-refractivity contribution in [1.82, 2.24) is 26.2 Å². The van der Waals surface area contributed by atoms with Gasteiger partial charge in [0.15, 0.2) is 5.96 Å². The summed E-state index contributed by atoms with van der Waals surface area (Å²) < 4.78 is 0. The molecule has 44 heavy (non-hydrogen) atoms. The van der Waals surface area contributed by atoms with E-state index in [2.05, 4.69) is 26.3 Å². The van der Waals surface area contributed by atoms with Gasteiger partial charge in [-0.1, -0.05) is 42.5 Å². The highest BCUT2D eigenvalue weighted by molar-refractivity contribution is 5.99. The largest absolute Gasteiger partial charge is 0.481 e. The van der Waals surface area contributed by atoms with E-state index in [0.717, 1.165) is 0 Å². The SMILES string of the molecule is CC12CC/C=C\CC(NC1=O)C(=O)N[C@H](CCCN=C(N)N)C(=O)NCC(=O)N[C@@H](CC(=O)O)C(=O)N2Cc1ccccc1. The van der Waals surface area contributed by atoms with Crippen LogP contribution in [0, 0.1) is 0 Å². The van der Waals surface area contributed by atoms with Gasteiger partial charge in [0.25, 0.3) is 0 Å². The van der Waals surface area contributed by atoms with Gasteiger partial charge >= 0.3 is 5.97 Å². The number of nitrogens with one attached hydrogen (secondary N) is 4. The monoisotopic (exact) mass is 612 g/mol. The lowest BCUT2D eigenvalue weighted by molar-refractivity contribution is -0.153. The van der Waals surface area contributed by atoms with Gasteiger partial charge in [-0.3, -0.25) is 33.8 Å². The molecule has 0 saturated carbocycles. The Labute approximate surface area is 254 Å². The first-order chi connectivity index (χ1) is 20.9. The minimum atomic E-state index is -1.56. The lowest BCUT2D eigenvalue weighted by Crippen LogP contribution is -2.64. The van der Waals surface area contributed by atoms with Crippen molar-refractivity contribution in [2.24, 2.45) is 16.5 Å². The van der Waals surface area contributed by atoms with Gasteiger partial charge in [-0.15, -0.1) is 0 Å². The second kappa shape index (κ2) is 15.5. The number of carbonyl (C=O) groups is 6. The first-order valence-corrected chi connectivity index (χ1v) is 14.4. The van der Waals surface area contributed by atoms with Crippen LogP contribution in [-0.4, -0.2) is 88.2 Å². The average molecular weight is 613 g/mol. The Bertz CT molecular complexity index is 1300. The van der Waals surface area contributed by atoms with Gasteiger partial charge in [-0.25, -0.2) is 0 Å². The maximum atomic E-state index is 14.1. The number of hydrogen-bond donors (Lipinski definition) is 7. The van der Waals surface area contributed by atoms with E-state index in [4.69, 9.17) is 11.5 Å². The van der Waals surface area contributed by atoms with Crippen LogP contribution in [0.2, 0.25) is 0 Å². The molecule has 3 rings (SSSR count). The Hall–Kier alpha value is -4.95. The summed E-state index contributed by atoms with van der Waals surface area (Å²) in [7, 11) is 0. The van der Waals surface area contributed by atoms with Crippen molar-refractivity contribution in [2.75, 3.05) is 13.1 Å². The van der Waals surface area contributed by atoms with Crippen molar-refractivity contribution < 1.29 is 33.9 Å². The van der Waals surface area contributed by atoms with Crippen molar-refractivity contribution in [3.8, 4) is 0 Å². The smallest absolute Gasteiger partial charge is 0.305 e. The van der Waals surface area contributed by atoms with E-state index in [-0.39, 0.29) is 38.3 Å². The van der Waals surface area contributed by atoms with Crippen LogP contribution in [0.5, 0.6) is 0 Å². The van der Waals surface area contributed by atoms with Gasteiger partial charge in [0.1, 0.15) is 23.7 Å². The third-order valence-electron chi connectivity index (χ3n) is 7.51. The number of carbonyl (C=O) groups excluding carboxylic acids is 5. The Morgan fingerprint density at radius 3 is 2.43 bits per heavy atom. The number of aliphatic carboxylic acids is 1. The van der Waals surface area contributed by atoms with Gasteiger partial charge in [-0.05, 0) is 44.6 Å². The van der Waals surface area contributed by atoms with Gasteiger partial charge in [0.2, 0.25) is 29.5 Å². The van der Waals surface area contributed by atoms with Crippen LogP contribution in [0.4, 0.5) is 0 Å². The lowest BCUT2D eigenvalue weighted by Gasteiger charge is -2.42. The van der Waals surface area contributed by atoms with Crippen molar-refractivity contribution in [1.29, 1.82) is 0 Å². The van der Waals surface area contributed by atoms with Crippen LogP contribution >= 0.6 is 0 Å². The summed E-state index contributed by atoms with van der Waals surface area (Å²) >= 11 is 0. The second-order valence-electron chi connectivity index (χ2n) is 10.9. The first kappa shape index (κ1) is 33.6. The fraction of sp³-hybridized carbons (Fsp3) is 0.483. The van der Waals surface area contributed by atoms with E-state index in [1.807, 2.05) is 0 Å². The molecule has 0 aromatic heterocycles. The fourth-order valence-electron chi connectivity index (χ4n) is 5.04. The standard InChI is InChI=1S/C29H40N8O7/c1-29-13-7-3-6-11-20(36-27(29)44)25(42)35-19(12-8-14-32-28(30)31)24(41)33-16-22(38)34-21(15-23(39)40)26(43)37(29)17-18-9-4-2-5-10-18/h2-6,9-10,19-21H,7-8,11-17H2,1H3,(H,33,41)(H,34,38)(H,35,42)(H,36,44)(H,39,40)(H4,30,31,32)/b6-3-/t19-,20?,21+,29?/m1/s1. The molecule has 9 N–H and O–H groups in total. The summed E-state index contributed by atoms with van der Waals surface area (Å²) in [6.45, 7) is 1.05. The molecule has 5 amide bonds. The first-order valence-electron chi connectivity index (χ1n) is 14.4. The second-order valence-corrected chi connectivity index (χ2v) is 10.9. The van der Waals surface area contributed by atoms with E-state index < -0.39 is 72.1 Å². The molecule has 15 heteroatoms. The van der Waals surface area contributed by atoms with Crippen LogP contribution in [0.25, 0.3) is 0 Å². The third kappa shape index (κ3) is 9.28. The predicted octanol–water partition coefficient (Wildman–Crippen LogP) is -1.37. The molecule has 2 heterocycles. The molecule has 2 bridgehead atoms. The quantitative estimate of drug-likeness (QED) is 0.0792. The van der Waals surface area contributed by atoms with E-state index in [9.17, 15) is 33.9 Å². The Kier molecular flexibility index (Phi) is 11.8. The molecule has 1 fully saturated rings. The van der Waals surface area contributed by atoms with Crippen LogP contribution in [0.1, 0.15) is 51.0 Å². The average Bonchev–Trinajstić information content (AvgIpc) is 3.04. The summed E-state index contributed by atoms with van der Waals surface area (Å²) in [6.07, 6.45) is 3.80. The summed E-state index contributed by atoms with van der Waals surface area (Å²) in [5.74, 6) is -5.10. The zero-order chi connectivity index (χ0) is 32.3.